The van der Waals surface area contributed by atoms with Gasteiger partial charge in [-0.2, -0.15) is 0 Å². The molecule has 0 fully saturated rings. The second-order valence-corrected chi connectivity index (χ2v) is 5.28. The van der Waals surface area contributed by atoms with Crippen LogP contribution in [0.4, 0.5) is 0 Å². The molecule has 0 radical (unpaired) electrons. The number of nitrogens with zero attached hydrogens (tertiary/aromatic N) is 1. The zero-order valence-corrected chi connectivity index (χ0v) is 13.6. The molecule has 2 amide bonds. The van der Waals surface area contributed by atoms with E-state index in [1.165, 1.54) is 6.08 Å². The topological polar surface area (TPSA) is 63.1 Å². The van der Waals surface area contributed by atoms with E-state index in [0.717, 1.165) is 17.0 Å². The van der Waals surface area contributed by atoms with Crippen LogP contribution in [0, 0.1) is 6.92 Å². The lowest BCUT2D eigenvalue weighted by Gasteiger charge is -2.05. The average molecular weight is 311 g/mol. The van der Waals surface area contributed by atoms with Crippen LogP contribution in [0.5, 0.6) is 0 Å². The molecular weight excluding hydrogens is 290 g/mol. The Hall–Kier alpha value is -2.82. The summed E-state index contributed by atoms with van der Waals surface area (Å²) >= 11 is 0. The minimum atomic E-state index is -0.153. The molecule has 0 aliphatic heterocycles. The monoisotopic (exact) mass is 311 g/mol. The van der Waals surface area contributed by atoms with Gasteiger partial charge in [-0.15, -0.1) is 0 Å². The molecular formula is C18H21N3O2. The van der Waals surface area contributed by atoms with E-state index in [0.29, 0.717) is 12.1 Å². The van der Waals surface area contributed by atoms with Gasteiger partial charge >= 0.3 is 0 Å². The van der Waals surface area contributed by atoms with Crippen molar-refractivity contribution in [2.24, 2.45) is 7.05 Å². The van der Waals surface area contributed by atoms with Gasteiger partial charge in [0.1, 0.15) is 0 Å². The molecule has 1 aromatic heterocycles. The van der Waals surface area contributed by atoms with E-state index in [9.17, 15) is 9.59 Å². The number of carbonyl (C=O) groups excluding carboxylic acids is 2. The fourth-order valence-corrected chi connectivity index (χ4v) is 2.14. The Morgan fingerprint density at radius 3 is 2.39 bits per heavy atom. The third kappa shape index (κ3) is 4.32. The molecule has 0 spiro atoms. The smallest absolute Gasteiger partial charge is 0.251 e. The molecule has 0 bridgehead atoms. The number of rotatable bonds is 5. The minimum Gasteiger partial charge on any atom is -0.355 e. The van der Waals surface area contributed by atoms with Gasteiger partial charge in [-0.25, -0.2) is 0 Å². The first-order valence-electron chi connectivity index (χ1n) is 7.40. The maximum atomic E-state index is 11.9. The van der Waals surface area contributed by atoms with Crippen molar-refractivity contribution in [3.63, 3.8) is 0 Å². The zero-order valence-electron chi connectivity index (χ0n) is 13.6. The lowest BCUT2D eigenvalue weighted by molar-refractivity contribution is -0.116. The van der Waals surface area contributed by atoms with Crippen LogP contribution in [0.1, 0.15) is 27.3 Å². The molecule has 5 heteroatoms. The van der Waals surface area contributed by atoms with Gasteiger partial charge in [0.15, 0.2) is 0 Å². The minimum absolute atomic E-state index is 0.129. The van der Waals surface area contributed by atoms with Gasteiger partial charge in [0.25, 0.3) is 5.91 Å². The van der Waals surface area contributed by atoms with E-state index in [1.54, 1.807) is 37.4 Å². The van der Waals surface area contributed by atoms with Crippen molar-refractivity contribution in [2.75, 3.05) is 7.05 Å². The highest BCUT2D eigenvalue weighted by atomic mass is 16.2. The summed E-state index contributed by atoms with van der Waals surface area (Å²) in [7, 11) is 3.56. The average Bonchev–Trinajstić information content (AvgIpc) is 2.89. The second-order valence-electron chi connectivity index (χ2n) is 5.28. The van der Waals surface area contributed by atoms with Crippen LogP contribution in [0.2, 0.25) is 0 Å². The van der Waals surface area contributed by atoms with Crippen molar-refractivity contribution in [1.82, 2.24) is 15.2 Å². The van der Waals surface area contributed by atoms with Gasteiger partial charge in [-0.05, 0) is 42.8 Å². The molecule has 0 unspecified atom stereocenters. The van der Waals surface area contributed by atoms with E-state index in [2.05, 4.69) is 10.6 Å². The largest absolute Gasteiger partial charge is 0.355 e. The van der Waals surface area contributed by atoms with Crippen molar-refractivity contribution in [1.29, 1.82) is 0 Å². The molecule has 2 aromatic rings. The van der Waals surface area contributed by atoms with Crippen LogP contribution in [-0.2, 0) is 18.4 Å². The standard InChI is InChI=1S/C18H21N3O2/c1-13-4-10-16(21(13)3)12-20-17(22)11-7-14-5-8-15(9-6-14)18(23)19-2/h4-11H,12H2,1-3H3,(H,19,23)(H,20,22)/b11-7+. The van der Waals surface area contributed by atoms with Crippen LogP contribution in [-0.4, -0.2) is 23.4 Å². The Kier molecular flexibility index (Phi) is 5.36. The number of aromatic nitrogens is 1. The predicted molar refractivity (Wildman–Crippen MR) is 90.9 cm³/mol. The summed E-state index contributed by atoms with van der Waals surface area (Å²) in [5.41, 5.74) is 3.66. The fourth-order valence-electron chi connectivity index (χ4n) is 2.14. The Morgan fingerprint density at radius 1 is 1.13 bits per heavy atom. The first-order chi connectivity index (χ1) is 11.0. The zero-order chi connectivity index (χ0) is 16.8. The summed E-state index contributed by atoms with van der Waals surface area (Å²) in [5, 5.41) is 5.42. The van der Waals surface area contributed by atoms with Gasteiger partial charge in [-0.3, -0.25) is 9.59 Å². The van der Waals surface area contributed by atoms with E-state index in [4.69, 9.17) is 0 Å². The van der Waals surface area contributed by atoms with E-state index >= 15 is 0 Å². The van der Waals surface area contributed by atoms with Crippen LogP contribution in [0.15, 0.2) is 42.5 Å². The van der Waals surface area contributed by atoms with Gasteiger partial charge < -0.3 is 15.2 Å². The maximum Gasteiger partial charge on any atom is 0.251 e. The number of aryl methyl sites for hydroxylation is 1. The lowest BCUT2D eigenvalue weighted by Crippen LogP contribution is -2.21. The summed E-state index contributed by atoms with van der Waals surface area (Å²) < 4.78 is 2.04. The highest BCUT2D eigenvalue weighted by Crippen LogP contribution is 2.07. The highest BCUT2D eigenvalue weighted by molar-refractivity contribution is 5.94. The summed E-state index contributed by atoms with van der Waals surface area (Å²) in [4.78, 5) is 23.3. The first kappa shape index (κ1) is 16.5. The number of hydrogen-bond donors (Lipinski definition) is 2. The maximum absolute atomic E-state index is 11.9. The number of amides is 2. The van der Waals surface area contributed by atoms with Gasteiger partial charge in [0, 0.05) is 37.1 Å². The molecule has 2 rings (SSSR count). The van der Waals surface area contributed by atoms with E-state index in [1.807, 2.05) is 30.7 Å². The van der Waals surface area contributed by atoms with Crippen molar-refractivity contribution in [3.05, 3.63) is 65.0 Å². The third-order valence-corrected chi connectivity index (χ3v) is 3.75. The molecule has 0 aliphatic rings. The molecule has 23 heavy (non-hydrogen) atoms. The van der Waals surface area contributed by atoms with E-state index < -0.39 is 0 Å². The Labute approximate surface area is 136 Å². The van der Waals surface area contributed by atoms with Gasteiger partial charge in [0.05, 0.1) is 6.54 Å². The molecule has 2 N–H and O–H groups in total. The van der Waals surface area contributed by atoms with Crippen LogP contribution < -0.4 is 10.6 Å². The highest BCUT2D eigenvalue weighted by Gasteiger charge is 2.03. The van der Waals surface area contributed by atoms with Crippen LogP contribution in [0.25, 0.3) is 6.08 Å². The predicted octanol–water partition coefficient (Wildman–Crippen LogP) is 2.02. The SMILES string of the molecule is CNC(=O)c1ccc(/C=C/C(=O)NCc2ccc(C)n2C)cc1. The molecule has 120 valence electrons. The Morgan fingerprint density at radius 2 is 1.83 bits per heavy atom. The summed E-state index contributed by atoms with van der Waals surface area (Å²) in [6.07, 6.45) is 3.21. The van der Waals surface area contributed by atoms with Crippen molar-refractivity contribution in [3.8, 4) is 0 Å². The Balaban J connectivity index is 1.90. The number of nitrogens with one attached hydrogen (secondary N) is 2. The normalized spacial score (nSPS) is 10.7. The molecule has 0 saturated heterocycles. The summed E-state index contributed by atoms with van der Waals surface area (Å²) in [5.74, 6) is -0.282. The molecule has 0 saturated carbocycles. The quantitative estimate of drug-likeness (QED) is 0.830. The van der Waals surface area contributed by atoms with Gasteiger partial charge in [-0.1, -0.05) is 12.1 Å². The van der Waals surface area contributed by atoms with Crippen LogP contribution >= 0.6 is 0 Å². The number of carbonyl (C=O) groups is 2. The number of benzene rings is 1. The van der Waals surface area contributed by atoms with E-state index in [-0.39, 0.29) is 11.8 Å². The molecule has 1 aromatic carbocycles. The van der Waals surface area contributed by atoms with Crippen molar-refractivity contribution < 1.29 is 9.59 Å². The third-order valence-electron chi connectivity index (χ3n) is 3.75. The molecule has 5 nitrogen and oxygen atoms in total. The van der Waals surface area contributed by atoms with Crippen LogP contribution in [0.3, 0.4) is 0 Å². The molecule has 0 atom stereocenters. The van der Waals surface area contributed by atoms with Crippen molar-refractivity contribution >= 4 is 17.9 Å². The molecule has 0 aliphatic carbocycles. The number of hydrogen-bond acceptors (Lipinski definition) is 2. The Bertz CT molecular complexity index is 727. The van der Waals surface area contributed by atoms with Gasteiger partial charge in [0.2, 0.25) is 5.91 Å². The molecule has 1 heterocycles. The fraction of sp³-hybridized carbons (Fsp3) is 0.222. The van der Waals surface area contributed by atoms with Crippen molar-refractivity contribution in [2.45, 2.75) is 13.5 Å². The lowest BCUT2D eigenvalue weighted by atomic mass is 10.1. The second kappa shape index (κ2) is 7.45. The first-order valence-corrected chi connectivity index (χ1v) is 7.40. The summed E-state index contributed by atoms with van der Waals surface area (Å²) in [6, 6.07) is 11.1. The summed E-state index contributed by atoms with van der Waals surface area (Å²) in [6.45, 7) is 2.51.